The van der Waals surface area contributed by atoms with Crippen molar-refractivity contribution in [1.29, 1.82) is 0 Å². The van der Waals surface area contributed by atoms with Crippen molar-refractivity contribution in [2.75, 3.05) is 10.8 Å². The molecule has 1 amide bonds. The Balaban J connectivity index is 1.87. The zero-order valence-corrected chi connectivity index (χ0v) is 21.1. The van der Waals surface area contributed by atoms with Crippen molar-refractivity contribution in [3.63, 3.8) is 0 Å². The third-order valence-corrected chi connectivity index (χ3v) is 7.31. The topological polar surface area (TPSA) is 78.8 Å². The van der Waals surface area contributed by atoms with Crippen molar-refractivity contribution >= 4 is 61.5 Å². The number of carbonyl (C=O) groups is 1. The Morgan fingerprint density at radius 2 is 1.72 bits per heavy atom. The van der Waals surface area contributed by atoms with Crippen molar-refractivity contribution in [3.05, 3.63) is 92.5 Å². The minimum atomic E-state index is -4.01. The Bertz CT molecular complexity index is 1240. The average Bonchev–Trinajstić information content (AvgIpc) is 2.77. The number of benzene rings is 3. The van der Waals surface area contributed by atoms with Crippen LogP contribution in [-0.4, -0.2) is 26.6 Å². The molecule has 9 heteroatoms. The smallest absolute Gasteiger partial charge is 0.264 e. The maximum atomic E-state index is 13.3. The van der Waals surface area contributed by atoms with Gasteiger partial charge in [-0.15, -0.1) is 0 Å². The van der Waals surface area contributed by atoms with Gasteiger partial charge in [-0.1, -0.05) is 41.4 Å². The first-order valence-corrected chi connectivity index (χ1v) is 12.5. The van der Waals surface area contributed by atoms with Crippen LogP contribution in [0.4, 0.5) is 5.69 Å². The van der Waals surface area contributed by atoms with Gasteiger partial charge in [0.15, 0.2) is 0 Å². The fraction of sp³-hybridized carbons (Fsp3) is 0.130. The maximum Gasteiger partial charge on any atom is 0.264 e. The number of rotatable bonds is 7. The first-order valence-electron chi connectivity index (χ1n) is 9.61. The molecule has 6 nitrogen and oxygen atoms in total. The van der Waals surface area contributed by atoms with E-state index in [0.29, 0.717) is 16.4 Å². The Morgan fingerprint density at radius 3 is 2.34 bits per heavy atom. The third-order valence-electron chi connectivity index (χ3n) is 4.60. The van der Waals surface area contributed by atoms with Crippen LogP contribution in [-0.2, 0) is 14.8 Å². The summed E-state index contributed by atoms with van der Waals surface area (Å²) in [6, 6.07) is 20.4. The SMILES string of the molecule is C/C(=N/NC(=O)CN(c1ccc(C)cc1)S(=O)(=O)c1ccc(Cl)cc1)c1cccc(I)c1. The molecule has 32 heavy (non-hydrogen) atoms. The Labute approximate surface area is 206 Å². The van der Waals surface area contributed by atoms with Gasteiger partial charge in [0.25, 0.3) is 15.9 Å². The molecule has 0 saturated heterocycles. The van der Waals surface area contributed by atoms with E-state index < -0.39 is 22.5 Å². The van der Waals surface area contributed by atoms with Gasteiger partial charge in [-0.3, -0.25) is 9.10 Å². The van der Waals surface area contributed by atoms with Crippen LogP contribution in [0.1, 0.15) is 18.1 Å². The summed E-state index contributed by atoms with van der Waals surface area (Å²) in [5, 5.41) is 4.56. The summed E-state index contributed by atoms with van der Waals surface area (Å²) in [5.74, 6) is -0.562. The zero-order valence-electron chi connectivity index (χ0n) is 17.4. The summed E-state index contributed by atoms with van der Waals surface area (Å²) >= 11 is 8.10. The van der Waals surface area contributed by atoms with E-state index >= 15 is 0 Å². The Kier molecular flexibility index (Phi) is 7.91. The minimum Gasteiger partial charge on any atom is -0.271 e. The number of nitrogens with zero attached hydrogens (tertiary/aromatic N) is 2. The highest BCUT2D eigenvalue weighted by Gasteiger charge is 2.27. The average molecular weight is 582 g/mol. The molecule has 0 aliphatic heterocycles. The standard InChI is InChI=1S/C23H21ClIN3O3S/c1-16-6-10-21(11-7-16)28(32(30,31)22-12-8-19(24)9-13-22)15-23(29)27-26-17(2)18-4-3-5-20(25)14-18/h3-14H,15H2,1-2H3,(H,27,29)/b26-17-. The van der Waals surface area contributed by atoms with Crippen LogP contribution < -0.4 is 9.73 Å². The second kappa shape index (κ2) is 10.5. The van der Waals surface area contributed by atoms with Gasteiger partial charge in [-0.25, -0.2) is 13.8 Å². The number of amides is 1. The van der Waals surface area contributed by atoms with Crippen molar-refractivity contribution in [2.24, 2.45) is 5.10 Å². The van der Waals surface area contributed by atoms with Gasteiger partial charge in [0, 0.05) is 8.59 Å². The largest absolute Gasteiger partial charge is 0.271 e. The molecule has 3 rings (SSSR count). The fourth-order valence-corrected chi connectivity index (χ4v) is 4.94. The summed E-state index contributed by atoms with van der Waals surface area (Å²) < 4.78 is 28.8. The molecule has 0 heterocycles. The highest BCUT2D eigenvalue weighted by molar-refractivity contribution is 14.1. The molecule has 0 aliphatic rings. The van der Waals surface area contributed by atoms with Crippen LogP contribution >= 0.6 is 34.2 Å². The van der Waals surface area contributed by atoms with E-state index in [4.69, 9.17) is 11.6 Å². The maximum absolute atomic E-state index is 13.3. The molecule has 3 aromatic rings. The summed E-state index contributed by atoms with van der Waals surface area (Å²) in [5.41, 5.74) is 5.28. The summed E-state index contributed by atoms with van der Waals surface area (Å²) in [4.78, 5) is 12.7. The van der Waals surface area contributed by atoms with Gasteiger partial charge in [0.05, 0.1) is 16.3 Å². The number of aryl methyl sites for hydroxylation is 1. The molecule has 166 valence electrons. The summed E-state index contributed by atoms with van der Waals surface area (Å²) in [7, 11) is -4.01. The molecular weight excluding hydrogens is 561 g/mol. The lowest BCUT2D eigenvalue weighted by molar-refractivity contribution is -0.119. The number of nitrogens with one attached hydrogen (secondary N) is 1. The van der Waals surface area contributed by atoms with E-state index in [1.54, 1.807) is 31.2 Å². The van der Waals surface area contributed by atoms with Crippen LogP contribution in [0, 0.1) is 10.5 Å². The van der Waals surface area contributed by atoms with Crippen molar-refractivity contribution in [3.8, 4) is 0 Å². The second-order valence-electron chi connectivity index (χ2n) is 7.04. The Hall–Kier alpha value is -2.43. The number of halogens is 2. The lowest BCUT2D eigenvalue weighted by Crippen LogP contribution is -2.39. The lowest BCUT2D eigenvalue weighted by atomic mass is 10.1. The molecule has 0 unspecified atom stereocenters. The minimum absolute atomic E-state index is 0.0359. The van der Waals surface area contributed by atoms with E-state index in [9.17, 15) is 13.2 Å². The highest BCUT2D eigenvalue weighted by Crippen LogP contribution is 2.25. The van der Waals surface area contributed by atoms with E-state index in [-0.39, 0.29) is 4.90 Å². The predicted molar refractivity (Wildman–Crippen MR) is 137 cm³/mol. The number of carbonyl (C=O) groups excluding carboxylic acids is 1. The van der Waals surface area contributed by atoms with Crippen LogP contribution in [0.15, 0.2) is 82.8 Å². The Morgan fingerprint density at radius 1 is 1.06 bits per heavy atom. The predicted octanol–water partition coefficient (Wildman–Crippen LogP) is 4.99. The molecular formula is C23H21ClIN3O3S. The molecule has 0 radical (unpaired) electrons. The first-order chi connectivity index (χ1) is 15.2. The monoisotopic (exact) mass is 581 g/mol. The first kappa shape index (κ1) is 24.2. The number of sulfonamides is 1. The van der Waals surface area contributed by atoms with E-state index in [1.165, 1.54) is 24.3 Å². The van der Waals surface area contributed by atoms with E-state index in [0.717, 1.165) is 19.0 Å². The molecule has 0 fully saturated rings. The summed E-state index contributed by atoms with van der Waals surface area (Å²) in [6.07, 6.45) is 0. The highest BCUT2D eigenvalue weighted by atomic mass is 127. The number of hydrogen-bond donors (Lipinski definition) is 1. The van der Waals surface area contributed by atoms with Crippen LogP contribution in [0.2, 0.25) is 5.02 Å². The molecule has 0 aromatic heterocycles. The fourth-order valence-electron chi connectivity index (χ4n) is 2.85. The number of hydrogen-bond acceptors (Lipinski definition) is 4. The number of anilines is 1. The lowest BCUT2D eigenvalue weighted by Gasteiger charge is -2.24. The second-order valence-corrected chi connectivity index (χ2v) is 10.6. The van der Waals surface area contributed by atoms with E-state index in [1.807, 2.05) is 31.2 Å². The molecule has 0 bridgehead atoms. The summed E-state index contributed by atoms with van der Waals surface area (Å²) in [6.45, 7) is 3.24. The normalized spacial score (nSPS) is 11.8. The van der Waals surface area contributed by atoms with Crippen LogP contribution in [0.25, 0.3) is 0 Å². The van der Waals surface area contributed by atoms with Crippen molar-refractivity contribution in [2.45, 2.75) is 18.7 Å². The van der Waals surface area contributed by atoms with Gasteiger partial charge in [0.1, 0.15) is 6.54 Å². The molecule has 0 spiro atoms. The molecule has 0 saturated carbocycles. The van der Waals surface area contributed by atoms with Gasteiger partial charge < -0.3 is 0 Å². The zero-order chi connectivity index (χ0) is 23.3. The number of hydrazone groups is 1. The molecule has 0 atom stereocenters. The van der Waals surface area contributed by atoms with Gasteiger partial charge in [0.2, 0.25) is 0 Å². The van der Waals surface area contributed by atoms with Gasteiger partial charge in [-0.05, 0) is 90.5 Å². The van der Waals surface area contributed by atoms with Crippen LogP contribution in [0.3, 0.4) is 0 Å². The van der Waals surface area contributed by atoms with E-state index in [2.05, 4.69) is 33.1 Å². The molecule has 0 aliphatic carbocycles. The van der Waals surface area contributed by atoms with Gasteiger partial charge in [-0.2, -0.15) is 5.10 Å². The van der Waals surface area contributed by atoms with Gasteiger partial charge >= 0.3 is 0 Å². The third kappa shape index (κ3) is 6.08. The molecule has 1 N–H and O–H groups in total. The quantitative estimate of drug-likeness (QED) is 0.243. The molecule has 3 aromatic carbocycles. The van der Waals surface area contributed by atoms with Crippen LogP contribution in [0.5, 0.6) is 0 Å². The van der Waals surface area contributed by atoms with Crippen molar-refractivity contribution in [1.82, 2.24) is 5.43 Å². The van der Waals surface area contributed by atoms with Crippen molar-refractivity contribution < 1.29 is 13.2 Å².